The summed E-state index contributed by atoms with van der Waals surface area (Å²) in [7, 11) is 0. The zero-order valence-corrected chi connectivity index (χ0v) is 13.4. The van der Waals surface area contributed by atoms with Gasteiger partial charge in [0.05, 0.1) is 25.1 Å². The highest BCUT2D eigenvalue weighted by Crippen LogP contribution is 1.95. The van der Waals surface area contributed by atoms with E-state index in [1.54, 1.807) is 22.8 Å². The number of hydrogen-bond donors (Lipinski definition) is 3. The van der Waals surface area contributed by atoms with Crippen molar-refractivity contribution in [2.45, 2.75) is 6.54 Å². The van der Waals surface area contributed by atoms with Gasteiger partial charge in [0.1, 0.15) is 6.54 Å². The minimum absolute atomic E-state index is 0.0268. The van der Waals surface area contributed by atoms with Gasteiger partial charge < -0.3 is 20.1 Å². The second-order valence-electron chi connectivity index (χ2n) is 4.51. The van der Waals surface area contributed by atoms with Crippen molar-refractivity contribution < 1.29 is 15.5 Å². The van der Waals surface area contributed by atoms with Gasteiger partial charge >= 0.3 is 0 Å². The van der Waals surface area contributed by atoms with E-state index in [0.717, 1.165) is 0 Å². The molecule has 0 unspecified atom stereocenters. The molecule has 8 nitrogen and oxygen atoms in total. The average Bonchev–Trinajstić information content (AvgIpc) is 2.59. The van der Waals surface area contributed by atoms with Crippen LogP contribution in [0.1, 0.15) is 0 Å². The molecule has 0 aromatic carbocycles. The predicted octanol–water partition coefficient (Wildman–Crippen LogP) is -0.0841. The molecule has 0 spiro atoms. The number of aromatic nitrogens is 1. The fourth-order valence-corrected chi connectivity index (χ4v) is 1.58. The number of quaternary nitrogens is 1. The Balaban J connectivity index is 2.50. The van der Waals surface area contributed by atoms with Crippen LogP contribution in [0.3, 0.4) is 0 Å². The molecule has 1 aromatic heterocycles. The Labute approximate surface area is 140 Å². The van der Waals surface area contributed by atoms with Crippen LogP contribution in [0.25, 0.3) is 0 Å². The van der Waals surface area contributed by atoms with Gasteiger partial charge in [-0.2, -0.15) is 5.11 Å². The van der Waals surface area contributed by atoms with Gasteiger partial charge in [0, 0.05) is 12.7 Å². The van der Waals surface area contributed by atoms with Gasteiger partial charge in [-0.3, -0.25) is 0 Å². The summed E-state index contributed by atoms with van der Waals surface area (Å²) in [4.78, 5) is 0. The molecule has 1 heterocycles. The number of nitrogens with two attached hydrogens (primary N) is 1. The number of hydrogen-bond acceptors (Lipinski definition) is 5. The Morgan fingerprint density at radius 3 is 2.92 bits per heavy atom. The van der Waals surface area contributed by atoms with Crippen molar-refractivity contribution in [3.8, 4) is 0 Å². The summed E-state index contributed by atoms with van der Waals surface area (Å²) in [6, 6.07) is 5.47. The molecule has 0 amide bonds. The minimum Gasteiger partial charge on any atom is -0.395 e. The molecule has 24 heavy (non-hydrogen) atoms. The minimum atomic E-state index is 0.0268. The summed E-state index contributed by atoms with van der Waals surface area (Å²) in [5.41, 5.74) is 1.09. The van der Waals surface area contributed by atoms with Gasteiger partial charge in [-0.25, -0.2) is 0 Å². The summed E-state index contributed by atoms with van der Waals surface area (Å²) in [5.74, 6) is 0. The predicted molar refractivity (Wildman–Crippen MR) is 91.7 cm³/mol. The van der Waals surface area contributed by atoms with Crippen LogP contribution < -0.4 is 10.8 Å². The lowest BCUT2D eigenvalue weighted by Gasteiger charge is -2.02. The van der Waals surface area contributed by atoms with Gasteiger partial charge in [-0.1, -0.05) is 18.7 Å². The lowest BCUT2D eigenvalue weighted by Crippen LogP contribution is -2.78. The Bertz CT molecular complexity index is 673. The van der Waals surface area contributed by atoms with Crippen LogP contribution in [0.2, 0.25) is 0 Å². The molecule has 0 fully saturated rings. The Hall–Kier alpha value is -2.68. The van der Waals surface area contributed by atoms with E-state index in [-0.39, 0.29) is 13.2 Å². The second kappa shape index (κ2) is 12.8. The van der Waals surface area contributed by atoms with E-state index in [4.69, 9.17) is 10.2 Å². The van der Waals surface area contributed by atoms with Crippen molar-refractivity contribution in [2.75, 3.05) is 19.8 Å². The highest BCUT2D eigenvalue weighted by Gasteiger charge is 1.89. The molecule has 0 saturated carbocycles. The first kappa shape index (κ1) is 19.4. The normalized spacial score (nSPS) is 13.2. The highest BCUT2D eigenvalue weighted by molar-refractivity contribution is 5.54. The molecule has 1 aromatic rings. The van der Waals surface area contributed by atoms with E-state index >= 15 is 0 Å². The number of allylic oxidation sites excluding steroid dienone is 3. The Kier molecular flexibility index (Phi) is 10.3. The van der Waals surface area contributed by atoms with Crippen LogP contribution in [0.5, 0.6) is 0 Å². The van der Waals surface area contributed by atoms with E-state index in [9.17, 15) is 0 Å². The van der Waals surface area contributed by atoms with Crippen LogP contribution in [0.15, 0.2) is 81.5 Å². The summed E-state index contributed by atoms with van der Waals surface area (Å²) in [5, 5.41) is 34.9. The maximum Gasteiger partial charge on any atom is 0.160 e. The number of nitrogens with zero attached hydrogens (tertiary/aromatic N) is 5. The molecule has 4 N–H and O–H groups in total. The molecule has 0 aliphatic carbocycles. The van der Waals surface area contributed by atoms with E-state index in [1.807, 2.05) is 35.9 Å². The highest BCUT2D eigenvalue weighted by atomic mass is 16.3. The molecule has 0 atom stereocenters. The molecule has 128 valence electrons. The fourth-order valence-electron chi connectivity index (χ4n) is 1.58. The zero-order valence-electron chi connectivity index (χ0n) is 13.4. The Morgan fingerprint density at radius 2 is 2.12 bits per heavy atom. The third-order valence-corrected chi connectivity index (χ3v) is 2.65. The lowest BCUT2D eigenvalue weighted by molar-refractivity contribution is -0.589. The summed E-state index contributed by atoms with van der Waals surface area (Å²) >= 11 is 0. The maximum atomic E-state index is 8.98. The second-order valence-corrected chi connectivity index (χ2v) is 4.51. The van der Waals surface area contributed by atoms with Crippen LogP contribution >= 0.6 is 0 Å². The van der Waals surface area contributed by atoms with Crippen molar-refractivity contribution in [1.82, 2.24) is 4.57 Å². The van der Waals surface area contributed by atoms with Crippen molar-refractivity contribution in [2.24, 2.45) is 20.4 Å². The van der Waals surface area contributed by atoms with Crippen molar-refractivity contribution in [1.29, 1.82) is 0 Å². The van der Waals surface area contributed by atoms with Crippen molar-refractivity contribution in [3.63, 3.8) is 0 Å². The number of azo groups is 1. The van der Waals surface area contributed by atoms with Crippen LogP contribution in [0, 0.1) is 0 Å². The lowest BCUT2D eigenvalue weighted by atomic mass is 10.4. The first-order valence-electron chi connectivity index (χ1n) is 7.47. The van der Waals surface area contributed by atoms with E-state index in [2.05, 4.69) is 27.0 Å². The van der Waals surface area contributed by atoms with Crippen molar-refractivity contribution >= 4 is 6.34 Å². The Morgan fingerprint density at radius 1 is 1.25 bits per heavy atom. The molecule has 1 rings (SSSR count). The van der Waals surface area contributed by atoms with Crippen LogP contribution in [-0.2, 0) is 6.54 Å². The fraction of sp³-hybridized carbons (Fsp3) is 0.250. The van der Waals surface area contributed by atoms with Gasteiger partial charge in [0.15, 0.2) is 11.8 Å². The summed E-state index contributed by atoms with van der Waals surface area (Å²) < 4.78 is 1.77. The van der Waals surface area contributed by atoms with Gasteiger partial charge in [0.2, 0.25) is 0 Å². The number of rotatable bonds is 10. The standard InChI is InChI=1S/C16H22N6O2/c1-15(6-2-4-8-17-9-12-23)20-18-14-19-21-16-7-3-5-10-22(16)11-13-24/h2-8,10,14,17,23-24H,1,9,11-13H2/p+1/b6-2-,8-4-,19-14+,20-18?,21-16+. The maximum absolute atomic E-state index is 8.98. The monoisotopic (exact) mass is 331 g/mol. The first-order valence-corrected chi connectivity index (χ1v) is 7.47. The first-order chi connectivity index (χ1) is 11.8. The average molecular weight is 331 g/mol. The van der Waals surface area contributed by atoms with Crippen LogP contribution in [0.4, 0.5) is 0 Å². The summed E-state index contributed by atoms with van der Waals surface area (Å²) in [6.45, 7) is 4.97. The van der Waals surface area contributed by atoms with Crippen LogP contribution in [-0.4, -0.2) is 40.9 Å². The molecule has 0 radical (unpaired) electrons. The van der Waals surface area contributed by atoms with Gasteiger partial charge in [0.25, 0.3) is 0 Å². The molecule has 8 heteroatoms. The number of aliphatic hydroxyl groups is 2. The zero-order chi connectivity index (χ0) is 17.5. The number of pyridine rings is 1. The summed E-state index contributed by atoms with van der Waals surface area (Å²) in [6.07, 6.45) is 10.2. The third-order valence-electron chi connectivity index (χ3n) is 2.65. The topological polar surface area (TPSA) is 111 Å². The molecular weight excluding hydrogens is 308 g/mol. The van der Waals surface area contributed by atoms with Gasteiger partial charge in [-0.05, 0) is 24.3 Å². The third kappa shape index (κ3) is 8.69. The molecule has 0 saturated heterocycles. The van der Waals surface area contributed by atoms with E-state index in [0.29, 0.717) is 24.3 Å². The smallest absolute Gasteiger partial charge is 0.160 e. The van der Waals surface area contributed by atoms with E-state index < -0.39 is 0 Å². The SMILES string of the molecule is C=C(/C=C\C=C/[NH2+]CCO)N=N/C=N/N=c1\ccccn1CCO. The van der Waals surface area contributed by atoms with Gasteiger partial charge in [-0.15, -0.1) is 15.3 Å². The largest absolute Gasteiger partial charge is 0.395 e. The quantitative estimate of drug-likeness (QED) is 0.139. The van der Waals surface area contributed by atoms with E-state index in [1.165, 1.54) is 6.34 Å². The molecule has 0 bridgehead atoms. The molecular formula is C16H23N6O2+. The molecule has 0 aliphatic heterocycles. The molecule has 0 aliphatic rings. The van der Waals surface area contributed by atoms with Crippen molar-refractivity contribution in [3.05, 3.63) is 66.6 Å². The number of aliphatic hydroxyl groups excluding tert-OH is 2.